The summed E-state index contributed by atoms with van der Waals surface area (Å²) < 4.78 is 19.7. The fraction of sp³-hybridized carbons (Fsp3) is 0.0714. The van der Waals surface area contributed by atoms with Crippen LogP contribution in [0.3, 0.4) is 0 Å². The van der Waals surface area contributed by atoms with Gasteiger partial charge in [0.25, 0.3) is 0 Å². The third-order valence-corrected chi connectivity index (χ3v) is 3.23. The van der Waals surface area contributed by atoms with Crippen LogP contribution in [0.4, 0.5) is 4.39 Å². The van der Waals surface area contributed by atoms with E-state index in [0.717, 1.165) is 15.6 Å². The molecule has 19 heavy (non-hydrogen) atoms. The molecule has 0 aliphatic heterocycles. The van der Waals surface area contributed by atoms with E-state index in [1.165, 1.54) is 6.07 Å². The highest BCUT2D eigenvalue weighted by molar-refractivity contribution is 9.10. The topological polar surface area (TPSA) is 35.2 Å². The van der Waals surface area contributed by atoms with Crippen molar-refractivity contribution in [2.45, 2.75) is 6.61 Å². The monoisotopic (exact) mass is 339 g/mol. The number of halogens is 2. The second kappa shape index (κ2) is 6.12. The fourth-order valence-electron chi connectivity index (χ4n) is 1.56. The van der Waals surface area contributed by atoms with E-state index in [1.807, 2.05) is 24.3 Å². The van der Waals surface area contributed by atoms with Crippen molar-refractivity contribution in [1.29, 1.82) is 0 Å². The van der Waals surface area contributed by atoms with E-state index in [4.69, 9.17) is 22.7 Å². The van der Waals surface area contributed by atoms with Gasteiger partial charge in [0.1, 0.15) is 11.6 Å². The second-order valence-corrected chi connectivity index (χ2v) is 5.28. The van der Waals surface area contributed by atoms with Crippen LogP contribution in [0.2, 0.25) is 0 Å². The molecule has 0 saturated carbocycles. The largest absolute Gasteiger partial charge is 0.486 e. The van der Waals surface area contributed by atoms with Crippen LogP contribution in [-0.4, -0.2) is 4.99 Å². The summed E-state index contributed by atoms with van der Waals surface area (Å²) in [6, 6.07) is 11.9. The lowest BCUT2D eigenvalue weighted by molar-refractivity contribution is 0.290. The van der Waals surface area contributed by atoms with E-state index in [-0.39, 0.29) is 12.4 Å². The van der Waals surface area contributed by atoms with Crippen molar-refractivity contribution >= 4 is 33.1 Å². The number of ether oxygens (including phenoxy) is 1. The molecule has 2 aromatic rings. The molecule has 0 radical (unpaired) electrons. The van der Waals surface area contributed by atoms with Gasteiger partial charge in [-0.15, -0.1) is 0 Å². The standard InChI is InChI=1S/C14H11BrFNOS/c15-11-4-5-12(16)13(7-11)18-8-9-2-1-3-10(6-9)14(17)19/h1-7H,8H2,(H2,17,19). The number of nitrogens with two attached hydrogens (primary N) is 1. The molecule has 5 heteroatoms. The smallest absolute Gasteiger partial charge is 0.165 e. The highest BCUT2D eigenvalue weighted by Gasteiger charge is 2.05. The molecule has 2 aromatic carbocycles. The predicted octanol–water partition coefficient (Wildman–Crippen LogP) is 3.80. The Kier molecular flexibility index (Phi) is 4.50. The van der Waals surface area contributed by atoms with Crippen LogP contribution < -0.4 is 10.5 Å². The van der Waals surface area contributed by atoms with Crippen molar-refractivity contribution in [3.05, 3.63) is 63.9 Å². The maximum Gasteiger partial charge on any atom is 0.165 e. The van der Waals surface area contributed by atoms with Gasteiger partial charge in [-0.2, -0.15) is 0 Å². The number of hydrogen-bond donors (Lipinski definition) is 1. The maximum absolute atomic E-state index is 13.5. The normalized spacial score (nSPS) is 10.2. The van der Waals surface area contributed by atoms with Crippen LogP contribution in [0.5, 0.6) is 5.75 Å². The Balaban J connectivity index is 2.12. The van der Waals surface area contributed by atoms with Crippen LogP contribution in [0.15, 0.2) is 46.9 Å². The first kappa shape index (κ1) is 14.0. The molecule has 0 bridgehead atoms. The lowest BCUT2D eigenvalue weighted by Gasteiger charge is -2.08. The first-order valence-corrected chi connectivity index (χ1v) is 6.73. The molecule has 0 unspecified atom stereocenters. The highest BCUT2D eigenvalue weighted by atomic mass is 79.9. The summed E-state index contributed by atoms with van der Waals surface area (Å²) in [6.07, 6.45) is 0. The van der Waals surface area contributed by atoms with Gasteiger partial charge in [0, 0.05) is 10.0 Å². The van der Waals surface area contributed by atoms with Crippen molar-refractivity contribution in [1.82, 2.24) is 0 Å². The molecular weight excluding hydrogens is 329 g/mol. The molecule has 98 valence electrons. The Morgan fingerprint density at radius 1 is 1.26 bits per heavy atom. The van der Waals surface area contributed by atoms with Gasteiger partial charge in [0.15, 0.2) is 11.6 Å². The lowest BCUT2D eigenvalue weighted by Crippen LogP contribution is -2.09. The van der Waals surface area contributed by atoms with Crippen LogP contribution in [-0.2, 0) is 6.61 Å². The zero-order valence-electron chi connectivity index (χ0n) is 9.90. The minimum absolute atomic E-state index is 0.204. The van der Waals surface area contributed by atoms with Gasteiger partial charge in [0.2, 0.25) is 0 Å². The first-order chi connectivity index (χ1) is 9.06. The molecule has 0 aliphatic rings. The summed E-state index contributed by atoms with van der Waals surface area (Å²) in [5, 5.41) is 0. The molecule has 2 nitrogen and oxygen atoms in total. The van der Waals surface area contributed by atoms with E-state index in [1.54, 1.807) is 12.1 Å². The molecule has 0 amide bonds. The van der Waals surface area contributed by atoms with E-state index in [2.05, 4.69) is 15.9 Å². The van der Waals surface area contributed by atoms with E-state index in [9.17, 15) is 4.39 Å². The van der Waals surface area contributed by atoms with Gasteiger partial charge in [-0.05, 0) is 29.8 Å². The molecule has 0 atom stereocenters. The summed E-state index contributed by atoms with van der Waals surface area (Å²) in [5.41, 5.74) is 7.21. The molecule has 0 spiro atoms. The average molecular weight is 340 g/mol. The van der Waals surface area contributed by atoms with E-state index in [0.29, 0.717) is 4.99 Å². The molecule has 2 rings (SSSR count). The summed E-state index contributed by atoms with van der Waals surface area (Å²) in [7, 11) is 0. The van der Waals surface area contributed by atoms with Crippen molar-refractivity contribution in [2.75, 3.05) is 0 Å². The predicted molar refractivity (Wildman–Crippen MR) is 80.8 cm³/mol. The van der Waals surface area contributed by atoms with Crippen molar-refractivity contribution in [2.24, 2.45) is 5.73 Å². The fourth-order valence-corrected chi connectivity index (χ4v) is 2.03. The first-order valence-electron chi connectivity index (χ1n) is 5.53. The molecule has 0 saturated heterocycles. The Bertz CT molecular complexity index is 618. The SMILES string of the molecule is NC(=S)c1cccc(COc2cc(Br)ccc2F)c1. The highest BCUT2D eigenvalue weighted by Crippen LogP contribution is 2.23. The number of thiocarbonyl (C=S) groups is 1. The zero-order valence-corrected chi connectivity index (χ0v) is 12.3. The van der Waals surface area contributed by atoms with Crippen molar-refractivity contribution in [3.63, 3.8) is 0 Å². The van der Waals surface area contributed by atoms with Crippen LogP contribution in [0.25, 0.3) is 0 Å². The quantitative estimate of drug-likeness (QED) is 0.860. The Morgan fingerprint density at radius 2 is 2.05 bits per heavy atom. The van der Waals surface area contributed by atoms with Crippen LogP contribution >= 0.6 is 28.1 Å². The minimum atomic E-state index is -0.395. The maximum atomic E-state index is 13.5. The Hall–Kier alpha value is -1.46. The Labute approximate surface area is 124 Å². The zero-order chi connectivity index (χ0) is 13.8. The van der Waals surface area contributed by atoms with Crippen LogP contribution in [0, 0.1) is 5.82 Å². The molecule has 0 heterocycles. The van der Waals surface area contributed by atoms with Crippen LogP contribution in [0.1, 0.15) is 11.1 Å². The molecular formula is C14H11BrFNOS. The Morgan fingerprint density at radius 3 is 2.79 bits per heavy atom. The molecule has 0 aliphatic carbocycles. The second-order valence-electron chi connectivity index (χ2n) is 3.93. The number of hydrogen-bond acceptors (Lipinski definition) is 2. The average Bonchev–Trinajstić information content (AvgIpc) is 2.40. The molecule has 0 aromatic heterocycles. The van der Waals surface area contributed by atoms with Gasteiger partial charge in [-0.1, -0.05) is 46.3 Å². The minimum Gasteiger partial charge on any atom is -0.486 e. The van der Waals surface area contributed by atoms with Gasteiger partial charge < -0.3 is 10.5 Å². The number of benzene rings is 2. The molecule has 0 fully saturated rings. The summed E-state index contributed by atoms with van der Waals surface area (Å²) >= 11 is 8.18. The third kappa shape index (κ3) is 3.75. The van der Waals surface area contributed by atoms with Gasteiger partial charge in [0.05, 0.1) is 0 Å². The third-order valence-electron chi connectivity index (χ3n) is 2.50. The van der Waals surface area contributed by atoms with E-state index >= 15 is 0 Å². The summed E-state index contributed by atoms with van der Waals surface area (Å²) in [4.78, 5) is 0.329. The summed E-state index contributed by atoms with van der Waals surface area (Å²) in [5.74, 6) is -0.191. The van der Waals surface area contributed by atoms with E-state index < -0.39 is 5.82 Å². The van der Waals surface area contributed by atoms with Gasteiger partial charge in [-0.25, -0.2) is 4.39 Å². The summed E-state index contributed by atoms with van der Waals surface area (Å²) in [6.45, 7) is 0.254. The van der Waals surface area contributed by atoms with Gasteiger partial charge in [-0.3, -0.25) is 0 Å². The number of rotatable bonds is 4. The van der Waals surface area contributed by atoms with Crippen molar-refractivity contribution in [3.8, 4) is 5.75 Å². The lowest BCUT2D eigenvalue weighted by atomic mass is 10.1. The van der Waals surface area contributed by atoms with Gasteiger partial charge >= 0.3 is 0 Å². The molecule has 2 N–H and O–H groups in total. The van der Waals surface area contributed by atoms with Crippen molar-refractivity contribution < 1.29 is 9.13 Å².